The highest BCUT2D eigenvalue weighted by Gasteiger charge is 2.17. The second-order valence-electron chi connectivity index (χ2n) is 3.67. The third-order valence-electron chi connectivity index (χ3n) is 2.04. The lowest BCUT2D eigenvalue weighted by atomic mass is 10.2. The Morgan fingerprint density at radius 1 is 1.44 bits per heavy atom. The molecule has 0 saturated heterocycles. The van der Waals surface area contributed by atoms with Crippen molar-refractivity contribution in [2.45, 2.75) is 13.0 Å². The minimum absolute atomic E-state index is 0.0504. The highest BCUT2D eigenvalue weighted by atomic mass is 16.3. The largest absolute Gasteiger partial charge is 0.395 e. The van der Waals surface area contributed by atoms with Gasteiger partial charge in [0.05, 0.1) is 19.3 Å². The van der Waals surface area contributed by atoms with Gasteiger partial charge in [0, 0.05) is 25.8 Å². The van der Waals surface area contributed by atoms with Crippen LogP contribution >= 0.6 is 0 Å². The number of aliphatic hydroxyl groups excluding tert-OH is 3. The van der Waals surface area contributed by atoms with Gasteiger partial charge in [0.25, 0.3) is 5.91 Å². The molecule has 0 fully saturated rings. The molecule has 7 heteroatoms. The highest BCUT2D eigenvalue weighted by Crippen LogP contribution is 2.00. The highest BCUT2D eigenvalue weighted by molar-refractivity contribution is 5.97. The smallest absolute Gasteiger partial charge is 0.266 e. The van der Waals surface area contributed by atoms with Gasteiger partial charge in [-0.05, 0) is 6.92 Å². The summed E-state index contributed by atoms with van der Waals surface area (Å²) in [4.78, 5) is 13.0. The maximum atomic E-state index is 11.8. The van der Waals surface area contributed by atoms with Crippen molar-refractivity contribution in [1.29, 1.82) is 5.26 Å². The summed E-state index contributed by atoms with van der Waals surface area (Å²) in [5, 5.41) is 38.1. The predicted octanol–water partition coefficient (Wildman–Crippen LogP) is -1.82. The summed E-state index contributed by atoms with van der Waals surface area (Å²) in [5.41, 5.74) is -0.141. The fourth-order valence-electron chi connectivity index (χ4n) is 1.20. The monoisotopic (exact) mass is 257 g/mol. The first-order valence-corrected chi connectivity index (χ1v) is 5.59. The summed E-state index contributed by atoms with van der Waals surface area (Å²) in [6.07, 6.45) is 0.624. The zero-order valence-corrected chi connectivity index (χ0v) is 10.3. The molecule has 4 N–H and O–H groups in total. The molecule has 0 aliphatic heterocycles. The van der Waals surface area contributed by atoms with Gasteiger partial charge >= 0.3 is 0 Å². The van der Waals surface area contributed by atoms with Gasteiger partial charge < -0.3 is 25.5 Å². The van der Waals surface area contributed by atoms with Crippen molar-refractivity contribution in [3.8, 4) is 6.07 Å². The van der Waals surface area contributed by atoms with Crippen LogP contribution in [-0.2, 0) is 4.79 Å². The second-order valence-corrected chi connectivity index (χ2v) is 3.67. The molecule has 1 amide bonds. The van der Waals surface area contributed by atoms with Crippen LogP contribution in [0.4, 0.5) is 0 Å². The molecular formula is C11H19N3O4. The molecule has 0 aromatic rings. The fourth-order valence-corrected chi connectivity index (χ4v) is 1.20. The Morgan fingerprint density at radius 2 is 2.00 bits per heavy atom. The van der Waals surface area contributed by atoms with Gasteiger partial charge in [0.2, 0.25) is 0 Å². The molecule has 0 rings (SSSR count). The maximum absolute atomic E-state index is 11.8. The molecule has 0 bridgehead atoms. The van der Waals surface area contributed by atoms with Crippen LogP contribution in [0.2, 0.25) is 0 Å². The van der Waals surface area contributed by atoms with Crippen LogP contribution in [-0.4, -0.2) is 65.1 Å². The standard InChI is InChI=1S/C11H19N3O4/c1-9(17)7-13-8-10(6-12)11(18)14(2-4-15)3-5-16/h8-9,13,15-17H,2-5,7H2,1H3/b10-8-. The van der Waals surface area contributed by atoms with Crippen molar-refractivity contribution in [2.75, 3.05) is 32.8 Å². The Morgan fingerprint density at radius 3 is 2.39 bits per heavy atom. The van der Waals surface area contributed by atoms with E-state index in [1.807, 2.05) is 0 Å². The lowest BCUT2D eigenvalue weighted by Gasteiger charge is -2.20. The van der Waals surface area contributed by atoms with Gasteiger partial charge in [0.15, 0.2) is 0 Å². The first-order chi connectivity index (χ1) is 8.56. The molecule has 0 radical (unpaired) electrons. The minimum Gasteiger partial charge on any atom is -0.395 e. The van der Waals surface area contributed by atoms with Crippen LogP contribution in [0.3, 0.4) is 0 Å². The molecule has 102 valence electrons. The van der Waals surface area contributed by atoms with E-state index in [-0.39, 0.29) is 38.4 Å². The summed E-state index contributed by atoms with van der Waals surface area (Å²) < 4.78 is 0. The van der Waals surface area contributed by atoms with E-state index >= 15 is 0 Å². The number of carbonyl (C=O) groups excluding carboxylic acids is 1. The lowest BCUT2D eigenvalue weighted by Crippen LogP contribution is -2.37. The van der Waals surface area contributed by atoms with E-state index in [9.17, 15) is 4.79 Å². The number of rotatable bonds is 8. The molecular weight excluding hydrogens is 238 g/mol. The first-order valence-electron chi connectivity index (χ1n) is 5.59. The Bertz CT molecular complexity index is 317. The van der Waals surface area contributed by atoms with Crippen LogP contribution in [0.15, 0.2) is 11.8 Å². The zero-order chi connectivity index (χ0) is 14.0. The van der Waals surface area contributed by atoms with E-state index in [1.54, 1.807) is 13.0 Å². The average molecular weight is 257 g/mol. The summed E-state index contributed by atoms with van der Waals surface area (Å²) in [7, 11) is 0. The van der Waals surface area contributed by atoms with Gasteiger partial charge in [-0.1, -0.05) is 0 Å². The number of hydrogen-bond donors (Lipinski definition) is 4. The second kappa shape index (κ2) is 9.41. The SMILES string of the molecule is CC(O)CN/C=C(/C#N)C(=O)N(CCO)CCO. The van der Waals surface area contributed by atoms with E-state index in [0.29, 0.717) is 0 Å². The summed E-state index contributed by atoms with van der Waals surface area (Å²) in [6, 6.07) is 1.74. The predicted molar refractivity (Wildman–Crippen MR) is 64.1 cm³/mol. The van der Waals surface area contributed by atoms with Crippen molar-refractivity contribution in [3.63, 3.8) is 0 Å². The number of hydrogen-bond acceptors (Lipinski definition) is 6. The molecule has 0 aromatic heterocycles. The Labute approximate surface area is 106 Å². The normalized spacial score (nSPS) is 12.7. The van der Waals surface area contributed by atoms with Gasteiger partial charge in [-0.25, -0.2) is 0 Å². The molecule has 0 saturated carbocycles. The van der Waals surface area contributed by atoms with E-state index < -0.39 is 12.0 Å². The van der Waals surface area contributed by atoms with E-state index in [4.69, 9.17) is 20.6 Å². The zero-order valence-electron chi connectivity index (χ0n) is 10.3. The third-order valence-corrected chi connectivity index (χ3v) is 2.04. The van der Waals surface area contributed by atoms with Crippen molar-refractivity contribution in [1.82, 2.24) is 10.2 Å². The maximum Gasteiger partial charge on any atom is 0.266 e. The van der Waals surface area contributed by atoms with Crippen molar-refractivity contribution >= 4 is 5.91 Å². The molecule has 1 atom stereocenters. The molecule has 7 nitrogen and oxygen atoms in total. The summed E-state index contributed by atoms with van der Waals surface area (Å²) >= 11 is 0. The molecule has 0 spiro atoms. The number of carbonyl (C=O) groups is 1. The van der Waals surface area contributed by atoms with Gasteiger partial charge in [-0.15, -0.1) is 0 Å². The van der Waals surface area contributed by atoms with Crippen molar-refractivity contribution < 1.29 is 20.1 Å². The van der Waals surface area contributed by atoms with Gasteiger partial charge in [-0.3, -0.25) is 4.79 Å². The molecule has 0 heterocycles. The van der Waals surface area contributed by atoms with Crippen LogP contribution in [0.5, 0.6) is 0 Å². The first kappa shape index (κ1) is 16.4. The Hall–Kier alpha value is -1.62. The van der Waals surface area contributed by atoms with E-state index in [1.165, 1.54) is 11.1 Å². The fraction of sp³-hybridized carbons (Fsp3) is 0.636. The van der Waals surface area contributed by atoms with Crippen molar-refractivity contribution in [2.24, 2.45) is 0 Å². The lowest BCUT2D eigenvalue weighted by molar-refractivity contribution is -0.127. The summed E-state index contributed by atoms with van der Waals surface area (Å²) in [5.74, 6) is -0.571. The number of nitrogens with one attached hydrogen (secondary N) is 1. The van der Waals surface area contributed by atoms with Crippen molar-refractivity contribution in [3.05, 3.63) is 11.8 Å². The molecule has 0 aliphatic carbocycles. The van der Waals surface area contributed by atoms with Gasteiger partial charge in [0.1, 0.15) is 11.6 Å². The molecule has 0 aliphatic rings. The van der Waals surface area contributed by atoms with Crippen LogP contribution < -0.4 is 5.32 Å². The number of nitrogens with zero attached hydrogens (tertiary/aromatic N) is 2. The van der Waals surface area contributed by atoms with Gasteiger partial charge in [-0.2, -0.15) is 5.26 Å². The molecule has 1 unspecified atom stereocenters. The van der Waals surface area contributed by atoms with Crippen LogP contribution in [0.1, 0.15) is 6.92 Å². The quantitative estimate of drug-likeness (QED) is 0.300. The average Bonchev–Trinajstić information content (AvgIpc) is 2.33. The minimum atomic E-state index is -0.595. The topological polar surface area (TPSA) is 117 Å². The van der Waals surface area contributed by atoms with E-state index in [0.717, 1.165) is 0 Å². The summed E-state index contributed by atoms with van der Waals surface area (Å²) in [6.45, 7) is 1.40. The van der Waals surface area contributed by atoms with E-state index in [2.05, 4.69) is 5.32 Å². The Kier molecular flexibility index (Phi) is 8.57. The third kappa shape index (κ3) is 6.20. The number of aliphatic hydroxyl groups is 3. The number of nitriles is 1. The van der Waals surface area contributed by atoms with Crippen LogP contribution in [0, 0.1) is 11.3 Å². The Balaban J connectivity index is 4.61. The number of amides is 1. The van der Waals surface area contributed by atoms with Crippen LogP contribution in [0.25, 0.3) is 0 Å². The molecule has 18 heavy (non-hydrogen) atoms. The molecule has 0 aromatic carbocycles.